The van der Waals surface area contributed by atoms with Crippen LogP contribution in [0.15, 0.2) is 23.2 Å². The van der Waals surface area contributed by atoms with Crippen LogP contribution in [0, 0.1) is 0 Å². The van der Waals surface area contributed by atoms with E-state index in [-0.39, 0.29) is 18.3 Å². The highest BCUT2D eigenvalue weighted by Crippen LogP contribution is 2.26. The van der Waals surface area contributed by atoms with Crippen LogP contribution in [0.2, 0.25) is 0 Å². The summed E-state index contributed by atoms with van der Waals surface area (Å²) in [5, 5.41) is 6.29. The molecule has 9 heteroatoms. The fourth-order valence-corrected chi connectivity index (χ4v) is 2.40. The summed E-state index contributed by atoms with van der Waals surface area (Å²) in [7, 11) is 2.88. The van der Waals surface area contributed by atoms with E-state index in [1.165, 1.54) is 20.3 Å². The molecule has 0 saturated carbocycles. The number of benzene rings is 1. The normalized spacial score (nSPS) is 11.3. The van der Waals surface area contributed by atoms with Gasteiger partial charge in [-0.15, -0.1) is 0 Å². The highest BCUT2D eigenvalue weighted by atomic mass is 19.3. The number of hydrogen-bond donors (Lipinski definition) is 2. The van der Waals surface area contributed by atoms with Gasteiger partial charge in [0.15, 0.2) is 5.96 Å². The molecule has 0 spiro atoms. The highest BCUT2D eigenvalue weighted by molar-refractivity contribution is 5.79. The number of carbonyl (C=O) groups is 1. The van der Waals surface area contributed by atoms with Crippen LogP contribution in [0.25, 0.3) is 0 Å². The maximum Gasteiger partial charge on any atom is 0.387 e. The first-order chi connectivity index (χ1) is 13.5. The van der Waals surface area contributed by atoms with Crippen molar-refractivity contribution in [2.24, 2.45) is 4.99 Å². The van der Waals surface area contributed by atoms with Gasteiger partial charge in [0.1, 0.15) is 11.5 Å². The molecule has 0 bridgehead atoms. The lowest BCUT2D eigenvalue weighted by Gasteiger charge is -2.13. The van der Waals surface area contributed by atoms with Gasteiger partial charge in [0.25, 0.3) is 0 Å². The predicted octanol–water partition coefficient (Wildman–Crippen LogP) is 3.09. The topological polar surface area (TPSA) is 81.2 Å². The van der Waals surface area contributed by atoms with E-state index in [0.29, 0.717) is 36.8 Å². The molecule has 0 heterocycles. The van der Waals surface area contributed by atoms with Gasteiger partial charge in [-0.1, -0.05) is 6.42 Å². The van der Waals surface area contributed by atoms with Crippen LogP contribution in [-0.4, -0.2) is 45.8 Å². The maximum absolute atomic E-state index is 12.6. The third kappa shape index (κ3) is 9.38. The standard InChI is InChI=1S/C19H29F2N3O4/c1-4-22-19(23-11-7-5-6-8-17(25)27-3)24-13-14-12-15(26-2)9-10-16(14)28-18(20)21/h9-10,12,18H,4-8,11,13H2,1-3H3,(H2,22,23,24). The van der Waals surface area contributed by atoms with Gasteiger partial charge in [-0.05, 0) is 38.0 Å². The van der Waals surface area contributed by atoms with Gasteiger partial charge < -0.3 is 24.8 Å². The zero-order chi connectivity index (χ0) is 20.8. The molecule has 1 aromatic carbocycles. The molecular weight excluding hydrogens is 372 g/mol. The van der Waals surface area contributed by atoms with Crippen LogP contribution in [0.1, 0.15) is 38.2 Å². The van der Waals surface area contributed by atoms with Crippen molar-refractivity contribution in [3.05, 3.63) is 23.8 Å². The Balaban J connectivity index is 2.62. The quantitative estimate of drug-likeness (QED) is 0.242. The Bertz CT molecular complexity index is 627. The van der Waals surface area contributed by atoms with E-state index < -0.39 is 6.61 Å². The lowest BCUT2D eigenvalue weighted by atomic mass is 10.2. The summed E-state index contributed by atoms with van der Waals surface area (Å²) in [5.74, 6) is 0.970. The van der Waals surface area contributed by atoms with Crippen molar-refractivity contribution < 1.29 is 27.8 Å². The molecule has 0 amide bonds. The monoisotopic (exact) mass is 401 g/mol. The molecule has 0 saturated heterocycles. The summed E-state index contributed by atoms with van der Waals surface area (Å²) in [6.07, 6.45) is 2.91. The Morgan fingerprint density at radius 2 is 1.96 bits per heavy atom. The molecule has 0 atom stereocenters. The molecular formula is C19H29F2N3O4. The molecule has 0 aliphatic carbocycles. The van der Waals surface area contributed by atoms with E-state index in [1.54, 1.807) is 12.1 Å². The average molecular weight is 401 g/mol. The van der Waals surface area contributed by atoms with Crippen molar-refractivity contribution in [3.63, 3.8) is 0 Å². The summed E-state index contributed by atoms with van der Waals surface area (Å²) in [4.78, 5) is 15.5. The minimum Gasteiger partial charge on any atom is -0.497 e. The van der Waals surface area contributed by atoms with Gasteiger partial charge in [0.05, 0.1) is 20.8 Å². The number of alkyl halides is 2. The fraction of sp³-hybridized carbons (Fsp3) is 0.579. The van der Waals surface area contributed by atoms with E-state index >= 15 is 0 Å². The van der Waals surface area contributed by atoms with Crippen molar-refractivity contribution in [1.29, 1.82) is 0 Å². The summed E-state index contributed by atoms with van der Waals surface area (Å²) in [5.41, 5.74) is 0.495. The molecule has 28 heavy (non-hydrogen) atoms. The number of nitrogens with one attached hydrogen (secondary N) is 2. The minimum absolute atomic E-state index is 0.0678. The largest absolute Gasteiger partial charge is 0.497 e. The van der Waals surface area contributed by atoms with Crippen LogP contribution in [-0.2, 0) is 16.1 Å². The number of hydrogen-bond acceptors (Lipinski definition) is 5. The fourth-order valence-electron chi connectivity index (χ4n) is 2.40. The SMILES string of the molecule is CCNC(=NCc1cc(OC)ccc1OC(F)F)NCCCCCC(=O)OC. The zero-order valence-corrected chi connectivity index (χ0v) is 16.6. The molecule has 7 nitrogen and oxygen atoms in total. The van der Waals surface area contributed by atoms with Gasteiger partial charge in [-0.2, -0.15) is 8.78 Å². The maximum atomic E-state index is 12.6. The lowest BCUT2D eigenvalue weighted by Crippen LogP contribution is -2.37. The third-order valence-electron chi connectivity index (χ3n) is 3.81. The number of methoxy groups -OCH3 is 2. The van der Waals surface area contributed by atoms with Gasteiger partial charge in [-0.3, -0.25) is 4.79 Å². The first-order valence-electron chi connectivity index (χ1n) is 9.20. The number of nitrogens with zero attached hydrogens (tertiary/aromatic N) is 1. The number of ether oxygens (including phenoxy) is 3. The van der Waals surface area contributed by atoms with E-state index in [4.69, 9.17) is 4.74 Å². The van der Waals surface area contributed by atoms with Crippen LogP contribution >= 0.6 is 0 Å². The van der Waals surface area contributed by atoms with E-state index in [1.807, 2.05) is 6.92 Å². The van der Waals surface area contributed by atoms with Crippen molar-refractivity contribution >= 4 is 11.9 Å². The van der Waals surface area contributed by atoms with Crippen LogP contribution < -0.4 is 20.1 Å². The molecule has 1 aromatic rings. The molecule has 0 fully saturated rings. The van der Waals surface area contributed by atoms with Gasteiger partial charge >= 0.3 is 12.6 Å². The molecule has 158 valence electrons. The van der Waals surface area contributed by atoms with E-state index in [2.05, 4.69) is 25.1 Å². The van der Waals surface area contributed by atoms with Crippen molar-refractivity contribution in [3.8, 4) is 11.5 Å². The molecule has 1 rings (SSSR count). The van der Waals surface area contributed by atoms with Crippen LogP contribution in [0.3, 0.4) is 0 Å². The van der Waals surface area contributed by atoms with Gasteiger partial charge in [-0.25, -0.2) is 4.99 Å². The molecule has 0 aliphatic rings. The smallest absolute Gasteiger partial charge is 0.387 e. The first-order valence-corrected chi connectivity index (χ1v) is 9.20. The van der Waals surface area contributed by atoms with Crippen molar-refractivity contribution in [2.45, 2.75) is 45.8 Å². The summed E-state index contributed by atoms with van der Waals surface area (Å²) >= 11 is 0. The Morgan fingerprint density at radius 3 is 2.61 bits per heavy atom. The number of rotatable bonds is 12. The number of aliphatic imine (C=N–C) groups is 1. The molecule has 0 aliphatic heterocycles. The second kappa shape index (κ2) is 13.6. The second-order valence-corrected chi connectivity index (χ2v) is 5.86. The second-order valence-electron chi connectivity index (χ2n) is 5.86. The molecule has 0 unspecified atom stereocenters. The summed E-state index contributed by atoms with van der Waals surface area (Å²) < 4.78 is 39.5. The third-order valence-corrected chi connectivity index (χ3v) is 3.81. The van der Waals surface area contributed by atoms with Crippen molar-refractivity contribution in [1.82, 2.24) is 10.6 Å². The number of carbonyl (C=O) groups excluding carboxylic acids is 1. The van der Waals surface area contributed by atoms with E-state index in [9.17, 15) is 13.6 Å². The van der Waals surface area contributed by atoms with Crippen LogP contribution in [0.5, 0.6) is 11.5 Å². The molecule has 0 aromatic heterocycles. The lowest BCUT2D eigenvalue weighted by molar-refractivity contribution is -0.140. The predicted molar refractivity (Wildman–Crippen MR) is 103 cm³/mol. The Hall–Kier alpha value is -2.58. The van der Waals surface area contributed by atoms with E-state index in [0.717, 1.165) is 19.3 Å². The minimum atomic E-state index is -2.91. The van der Waals surface area contributed by atoms with Crippen molar-refractivity contribution in [2.75, 3.05) is 27.3 Å². The number of unbranched alkanes of at least 4 members (excludes halogenated alkanes) is 2. The van der Waals surface area contributed by atoms with Crippen LogP contribution in [0.4, 0.5) is 8.78 Å². The zero-order valence-electron chi connectivity index (χ0n) is 16.6. The number of halogens is 2. The highest BCUT2D eigenvalue weighted by Gasteiger charge is 2.11. The molecule has 0 radical (unpaired) electrons. The number of esters is 1. The Kier molecular flexibility index (Phi) is 11.4. The van der Waals surface area contributed by atoms with Gasteiger partial charge in [0, 0.05) is 25.1 Å². The average Bonchev–Trinajstić information content (AvgIpc) is 2.68. The Labute approximate surface area is 164 Å². The number of guanidine groups is 1. The molecule has 2 N–H and O–H groups in total. The summed E-state index contributed by atoms with van der Waals surface area (Å²) in [6.45, 7) is 0.506. The Morgan fingerprint density at radius 1 is 1.18 bits per heavy atom. The summed E-state index contributed by atoms with van der Waals surface area (Å²) in [6, 6.07) is 4.62. The first kappa shape index (κ1) is 23.5. The van der Waals surface area contributed by atoms with Gasteiger partial charge in [0.2, 0.25) is 0 Å².